The first-order chi connectivity index (χ1) is 15.5. The highest BCUT2D eigenvalue weighted by molar-refractivity contribution is 6.45. The maximum Gasteiger partial charge on any atom is 0.306 e. The highest BCUT2D eigenvalue weighted by Gasteiger charge is 2.26. The van der Waals surface area contributed by atoms with E-state index < -0.39 is 17.3 Å². The summed E-state index contributed by atoms with van der Waals surface area (Å²) in [5.74, 6) is -1.18. The van der Waals surface area contributed by atoms with Crippen LogP contribution >= 0.6 is 0 Å². The Morgan fingerprint density at radius 3 is 2.42 bits per heavy atom. The summed E-state index contributed by atoms with van der Waals surface area (Å²) in [5, 5.41) is 3.75. The summed E-state index contributed by atoms with van der Waals surface area (Å²) < 4.78 is 7.38. The second-order valence-electron chi connectivity index (χ2n) is 10.2. The first-order valence-electron chi connectivity index (χ1n) is 11.9. The number of likely N-dealkylation sites (tertiary alicyclic amines) is 1. The van der Waals surface area contributed by atoms with E-state index in [1.165, 1.54) is 0 Å². The molecule has 1 aliphatic rings. The molecule has 0 spiro atoms. The van der Waals surface area contributed by atoms with Gasteiger partial charge in [-0.15, -0.1) is 0 Å². The minimum absolute atomic E-state index is 0.0120. The lowest BCUT2D eigenvalue weighted by Crippen LogP contribution is -2.46. The van der Waals surface area contributed by atoms with Crippen molar-refractivity contribution in [1.82, 2.24) is 14.8 Å². The molecule has 0 bridgehead atoms. The van der Waals surface area contributed by atoms with Gasteiger partial charge in [0.25, 0.3) is 11.7 Å². The van der Waals surface area contributed by atoms with Gasteiger partial charge in [0, 0.05) is 48.7 Å². The monoisotopic (exact) mass is 455 g/mol. The van der Waals surface area contributed by atoms with Gasteiger partial charge in [-0.1, -0.05) is 18.2 Å². The molecule has 180 valence electrons. The summed E-state index contributed by atoms with van der Waals surface area (Å²) in [6.45, 7) is 12.2. The third kappa shape index (κ3) is 6.67. The highest BCUT2D eigenvalue weighted by atomic mass is 16.6. The van der Waals surface area contributed by atoms with E-state index in [1.807, 2.05) is 49.6 Å². The van der Waals surface area contributed by atoms with Crippen LogP contribution in [0.3, 0.4) is 0 Å². The molecule has 1 aromatic heterocycles. The summed E-state index contributed by atoms with van der Waals surface area (Å²) in [5.41, 5.74) is 0.967. The van der Waals surface area contributed by atoms with Crippen LogP contribution in [0, 0.1) is 0 Å². The van der Waals surface area contributed by atoms with Crippen molar-refractivity contribution in [3.63, 3.8) is 0 Å². The van der Waals surface area contributed by atoms with Gasteiger partial charge < -0.3 is 19.5 Å². The Labute approximate surface area is 196 Å². The van der Waals surface area contributed by atoms with Crippen LogP contribution in [-0.4, -0.2) is 58.4 Å². The van der Waals surface area contributed by atoms with E-state index in [0.29, 0.717) is 12.0 Å². The number of ketones is 1. The molecular weight excluding hydrogens is 418 g/mol. The number of hydrogen-bond acceptors (Lipinski definition) is 5. The van der Waals surface area contributed by atoms with Gasteiger partial charge in [0.1, 0.15) is 5.60 Å². The molecule has 33 heavy (non-hydrogen) atoms. The number of nitrogens with zero attached hydrogens (tertiary/aromatic N) is 2. The number of aromatic nitrogens is 1. The molecule has 2 aromatic rings. The number of esters is 1. The number of carbonyl (C=O) groups excluding carboxylic acids is 3. The topological polar surface area (TPSA) is 80.6 Å². The fraction of sp³-hybridized carbons (Fsp3) is 0.577. The number of rotatable bonds is 8. The zero-order valence-electron chi connectivity index (χ0n) is 20.5. The number of piperidine rings is 1. The first kappa shape index (κ1) is 25.0. The van der Waals surface area contributed by atoms with Gasteiger partial charge in [0.2, 0.25) is 0 Å². The van der Waals surface area contributed by atoms with Gasteiger partial charge in [-0.05, 0) is 66.5 Å². The zero-order valence-corrected chi connectivity index (χ0v) is 20.5. The minimum atomic E-state index is -0.537. The molecule has 7 nitrogen and oxygen atoms in total. The molecule has 1 N–H and O–H groups in total. The molecule has 1 amide bonds. The Bertz CT molecular complexity index is 995. The SMILES string of the molecule is CC(C)n1cc(C(=O)C(=O)NC2CCN(CCCC(=O)OC(C)(C)C)CC2)c2ccccc21. The second-order valence-corrected chi connectivity index (χ2v) is 10.2. The van der Waals surface area contributed by atoms with Crippen LogP contribution in [0.2, 0.25) is 0 Å². The average Bonchev–Trinajstić information content (AvgIpc) is 3.13. The van der Waals surface area contributed by atoms with E-state index in [0.717, 1.165) is 49.8 Å². The number of carbonyl (C=O) groups is 3. The maximum atomic E-state index is 13.0. The van der Waals surface area contributed by atoms with Gasteiger partial charge in [0.15, 0.2) is 0 Å². The van der Waals surface area contributed by atoms with Crippen molar-refractivity contribution in [2.75, 3.05) is 19.6 Å². The quantitative estimate of drug-likeness (QED) is 0.368. The van der Waals surface area contributed by atoms with Crippen molar-refractivity contribution in [1.29, 1.82) is 0 Å². The van der Waals surface area contributed by atoms with E-state index in [2.05, 4.69) is 24.1 Å². The first-order valence-corrected chi connectivity index (χ1v) is 11.9. The smallest absolute Gasteiger partial charge is 0.306 e. The number of nitrogens with one attached hydrogen (secondary N) is 1. The lowest BCUT2D eigenvalue weighted by atomic mass is 10.0. The normalized spacial score (nSPS) is 15.7. The van der Waals surface area contributed by atoms with Crippen molar-refractivity contribution in [3.8, 4) is 0 Å². The lowest BCUT2D eigenvalue weighted by molar-refractivity contribution is -0.155. The van der Waals surface area contributed by atoms with Gasteiger partial charge in [-0.3, -0.25) is 14.4 Å². The van der Waals surface area contributed by atoms with Crippen LogP contribution < -0.4 is 5.32 Å². The fourth-order valence-corrected chi connectivity index (χ4v) is 4.33. The largest absolute Gasteiger partial charge is 0.460 e. The number of hydrogen-bond donors (Lipinski definition) is 1. The molecule has 0 unspecified atom stereocenters. The molecule has 7 heteroatoms. The minimum Gasteiger partial charge on any atom is -0.460 e. The predicted octanol–water partition coefficient (Wildman–Crippen LogP) is 4.11. The van der Waals surface area contributed by atoms with E-state index >= 15 is 0 Å². The molecule has 1 fully saturated rings. The number of para-hydroxylation sites is 1. The molecule has 1 aliphatic heterocycles. The fourth-order valence-electron chi connectivity index (χ4n) is 4.33. The van der Waals surface area contributed by atoms with Crippen molar-refractivity contribution in [2.45, 2.75) is 78.0 Å². The van der Waals surface area contributed by atoms with Gasteiger partial charge in [-0.25, -0.2) is 0 Å². The number of ether oxygens (including phenoxy) is 1. The Morgan fingerprint density at radius 2 is 1.79 bits per heavy atom. The lowest BCUT2D eigenvalue weighted by Gasteiger charge is -2.32. The molecule has 3 rings (SSSR count). The van der Waals surface area contributed by atoms with Crippen LogP contribution in [-0.2, 0) is 14.3 Å². The van der Waals surface area contributed by atoms with E-state index in [4.69, 9.17) is 4.74 Å². The Morgan fingerprint density at radius 1 is 1.12 bits per heavy atom. The zero-order chi connectivity index (χ0) is 24.2. The summed E-state index contributed by atoms with van der Waals surface area (Å²) in [4.78, 5) is 39.8. The Balaban J connectivity index is 1.48. The van der Waals surface area contributed by atoms with Crippen LogP contribution in [0.15, 0.2) is 30.5 Å². The van der Waals surface area contributed by atoms with E-state index in [1.54, 1.807) is 6.20 Å². The second kappa shape index (κ2) is 10.5. The summed E-state index contributed by atoms with van der Waals surface area (Å²) in [6.07, 6.45) is 4.54. The number of Topliss-reactive ketones (excluding diaryl/α,β-unsaturated/α-hetero) is 1. The van der Waals surface area contributed by atoms with Gasteiger partial charge in [-0.2, -0.15) is 0 Å². The summed E-state index contributed by atoms with van der Waals surface area (Å²) in [7, 11) is 0. The van der Waals surface area contributed by atoms with Crippen molar-refractivity contribution in [3.05, 3.63) is 36.0 Å². The predicted molar refractivity (Wildman–Crippen MR) is 129 cm³/mol. The Kier molecular flexibility index (Phi) is 7.95. The number of amides is 1. The molecule has 2 heterocycles. The molecule has 0 radical (unpaired) electrons. The molecular formula is C26H37N3O4. The van der Waals surface area contributed by atoms with E-state index in [-0.39, 0.29) is 18.1 Å². The van der Waals surface area contributed by atoms with Crippen LogP contribution in [0.5, 0.6) is 0 Å². The van der Waals surface area contributed by atoms with Gasteiger partial charge >= 0.3 is 5.97 Å². The number of fused-ring (bicyclic) bond motifs is 1. The maximum absolute atomic E-state index is 13.0. The van der Waals surface area contributed by atoms with Gasteiger partial charge in [0.05, 0.1) is 5.56 Å². The van der Waals surface area contributed by atoms with Crippen LogP contribution in [0.1, 0.15) is 76.7 Å². The van der Waals surface area contributed by atoms with Crippen LogP contribution in [0.25, 0.3) is 10.9 Å². The average molecular weight is 456 g/mol. The Hall–Kier alpha value is -2.67. The highest BCUT2D eigenvalue weighted by Crippen LogP contribution is 2.25. The van der Waals surface area contributed by atoms with Crippen molar-refractivity contribution in [2.24, 2.45) is 0 Å². The molecule has 0 atom stereocenters. The summed E-state index contributed by atoms with van der Waals surface area (Å²) in [6, 6.07) is 7.88. The molecule has 1 aromatic carbocycles. The summed E-state index contributed by atoms with van der Waals surface area (Å²) >= 11 is 0. The van der Waals surface area contributed by atoms with E-state index in [9.17, 15) is 14.4 Å². The third-order valence-corrected chi connectivity index (χ3v) is 5.95. The molecule has 0 saturated carbocycles. The van der Waals surface area contributed by atoms with Crippen molar-refractivity contribution >= 4 is 28.6 Å². The van der Waals surface area contributed by atoms with Crippen LogP contribution in [0.4, 0.5) is 0 Å². The third-order valence-electron chi connectivity index (χ3n) is 5.95. The number of benzene rings is 1. The molecule has 0 aliphatic carbocycles. The molecule has 1 saturated heterocycles. The standard InChI is InChI=1S/C26H37N3O4/c1-18(2)29-17-21(20-9-6-7-10-22(20)29)24(31)25(32)27-19-12-15-28(16-13-19)14-8-11-23(30)33-26(3,4)5/h6-7,9-10,17-19H,8,11-16H2,1-5H3,(H,27,32). The van der Waals surface area contributed by atoms with Crippen molar-refractivity contribution < 1.29 is 19.1 Å².